The summed E-state index contributed by atoms with van der Waals surface area (Å²) in [7, 11) is 1.26. The van der Waals surface area contributed by atoms with Gasteiger partial charge in [0.25, 0.3) is 0 Å². The second-order valence-electron chi connectivity index (χ2n) is 5.52. The van der Waals surface area contributed by atoms with Crippen LogP contribution in [0, 0.1) is 5.92 Å². The van der Waals surface area contributed by atoms with E-state index in [2.05, 4.69) is 10.5 Å². The molecule has 0 saturated heterocycles. The van der Waals surface area contributed by atoms with Gasteiger partial charge in [-0.3, -0.25) is 0 Å². The van der Waals surface area contributed by atoms with E-state index in [1.807, 2.05) is 0 Å². The van der Waals surface area contributed by atoms with Gasteiger partial charge >= 0.3 is 12.1 Å². The van der Waals surface area contributed by atoms with Crippen LogP contribution in [-0.2, 0) is 14.3 Å². The predicted octanol–water partition coefficient (Wildman–Crippen LogP) is 1.29. The topological polar surface area (TPSA) is 97.2 Å². The van der Waals surface area contributed by atoms with Gasteiger partial charge in [-0.15, -0.1) is 5.16 Å². The number of rotatable bonds is 4. The van der Waals surface area contributed by atoms with Crippen molar-refractivity contribution in [3.8, 4) is 0 Å². The molecule has 1 amide bonds. The van der Waals surface area contributed by atoms with E-state index in [1.54, 1.807) is 20.8 Å². The van der Waals surface area contributed by atoms with Gasteiger partial charge in [0.1, 0.15) is 11.1 Å². The van der Waals surface area contributed by atoms with Crippen molar-refractivity contribution >= 4 is 18.3 Å². The third-order valence-corrected chi connectivity index (χ3v) is 2.85. The molecule has 0 aromatic rings. The molecule has 19 heavy (non-hydrogen) atoms. The van der Waals surface area contributed by atoms with Crippen molar-refractivity contribution in [2.75, 3.05) is 7.11 Å². The van der Waals surface area contributed by atoms with E-state index in [9.17, 15) is 9.59 Å². The lowest BCUT2D eigenvalue weighted by molar-refractivity contribution is -0.144. The Morgan fingerprint density at radius 3 is 2.63 bits per heavy atom. The molecule has 1 aliphatic carbocycles. The number of alkyl carbamates (subject to hydrolysis) is 1. The maximum Gasteiger partial charge on any atom is 0.408 e. The van der Waals surface area contributed by atoms with Crippen LogP contribution in [0.1, 0.15) is 33.6 Å². The van der Waals surface area contributed by atoms with Crippen LogP contribution in [-0.4, -0.2) is 41.7 Å². The summed E-state index contributed by atoms with van der Waals surface area (Å²) in [5.74, 6) is -0.668. The Balaban J connectivity index is 2.68. The number of nitrogens with one attached hydrogen (secondary N) is 1. The molecule has 1 fully saturated rings. The van der Waals surface area contributed by atoms with Gasteiger partial charge in [0, 0.05) is 12.1 Å². The maximum absolute atomic E-state index is 11.8. The van der Waals surface area contributed by atoms with E-state index >= 15 is 0 Å². The monoisotopic (exact) mass is 272 g/mol. The van der Waals surface area contributed by atoms with E-state index in [4.69, 9.17) is 14.7 Å². The minimum Gasteiger partial charge on any atom is -0.467 e. The summed E-state index contributed by atoms with van der Waals surface area (Å²) in [6, 6.07) is 0. The molecule has 0 bridgehead atoms. The number of methoxy groups -OCH3 is 1. The molecule has 1 saturated carbocycles. The second-order valence-corrected chi connectivity index (χ2v) is 5.52. The largest absolute Gasteiger partial charge is 0.467 e. The van der Waals surface area contributed by atoms with Crippen molar-refractivity contribution in [3.63, 3.8) is 0 Å². The molecule has 2 atom stereocenters. The molecule has 0 aliphatic heterocycles. The molecule has 108 valence electrons. The molecular weight excluding hydrogens is 252 g/mol. The average molecular weight is 272 g/mol. The van der Waals surface area contributed by atoms with Crippen LogP contribution in [0.5, 0.6) is 0 Å². The fourth-order valence-corrected chi connectivity index (χ4v) is 1.91. The lowest BCUT2D eigenvalue weighted by Gasteiger charge is -2.23. The summed E-state index contributed by atoms with van der Waals surface area (Å²) < 4.78 is 9.82. The van der Waals surface area contributed by atoms with E-state index in [0.29, 0.717) is 12.8 Å². The number of hydrogen-bond donors (Lipinski definition) is 2. The zero-order chi connectivity index (χ0) is 14.7. The first-order valence-corrected chi connectivity index (χ1v) is 6.00. The van der Waals surface area contributed by atoms with Crippen LogP contribution in [0.15, 0.2) is 5.16 Å². The van der Waals surface area contributed by atoms with Crippen molar-refractivity contribution < 1.29 is 24.3 Å². The first kappa shape index (κ1) is 15.3. The Labute approximate surface area is 111 Å². The lowest BCUT2D eigenvalue weighted by Crippen LogP contribution is -2.47. The highest BCUT2D eigenvalue weighted by atomic mass is 16.6. The highest BCUT2D eigenvalue weighted by Gasteiger charge is 2.62. The molecule has 1 rings (SSSR count). The molecule has 2 N–H and O–H groups in total. The van der Waals surface area contributed by atoms with Crippen LogP contribution in [0.3, 0.4) is 0 Å². The van der Waals surface area contributed by atoms with Crippen LogP contribution < -0.4 is 5.32 Å². The van der Waals surface area contributed by atoms with Gasteiger partial charge in [-0.25, -0.2) is 9.59 Å². The maximum atomic E-state index is 11.8. The number of carbonyl (C=O) groups excluding carboxylic acids is 2. The van der Waals surface area contributed by atoms with E-state index < -0.39 is 23.2 Å². The summed E-state index contributed by atoms with van der Waals surface area (Å²) in [6.07, 6.45) is 1.43. The van der Waals surface area contributed by atoms with Crippen molar-refractivity contribution in [3.05, 3.63) is 0 Å². The van der Waals surface area contributed by atoms with Gasteiger partial charge in [-0.1, -0.05) is 0 Å². The number of carbonyl (C=O) groups is 2. The normalized spacial score (nSPS) is 26.0. The van der Waals surface area contributed by atoms with Crippen LogP contribution in [0.2, 0.25) is 0 Å². The van der Waals surface area contributed by atoms with E-state index in [1.165, 1.54) is 13.3 Å². The summed E-state index contributed by atoms with van der Waals surface area (Å²) in [5, 5.41) is 13.8. The van der Waals surface area contributed by atoms with E-state index in [-0.39, 0.29) is 5.92 Å². The first-order chi connectivity index (χ1) is 8.75. The third kappa shape index (κ3) is 3.84. The molecule has 0 spiro atoms. The Bertz CT molecular complexity index is 388. The molecule has 1 aliphatic rings. The number of nitrogens with zero attached hydrogens (tertiary/aromatic N) is 1. The first-order valence-electron chi connectivity index (χ1n) is 6.00. The minimum atomic E-state index is -1.07. The van der Waals surface area contributed by atoms with Gasteiger partial charge < -0.3 is 20.0 Å². The number of hydrogen-bond acceptors (Lipinski definition) is 6. The van der Waals surface area contributed by atoms with Crippen LogP contribution in [0.25, 0.3) is 0 Å². The van der Waals surface area contributed by atoms with Crippen molar-refractivity contribution in [1.82, 2.24) is 5.32 Å². The van der Waals surface area contributed by atoms with Gasteiger partial charge in [-0.2, -0.15) is 0 Å². The van der Waals surface area contributed by atoms with Crippen LogP contribution >= 0.6 is 0 Å². The van der Waals surface area contributed by atoms with Gasteiger partial charge in [0.05, 0.1) is 7.11 Å². The molecule has 0 unspecified atom stereocenters. The Hall–Kier alpha value is -1.79. The summed E-state index contributed by atoms with van der Waals surface area (Å²) in [4.78, 5) is 23.5. The standard InChI is InChI=1S/C12H20N2O5/c1-11(2,3)19-10(16)14-12(9(15)18-4)7-8(12)5-6-13-17/h6,8,17H,5,7H2,1-4H3,(H,14,16)/b13-6+/t8-,12-/m1/s1. The fraction of sp³-hybridized carbons (Fsp3) is 0.750. The summed E-state index contributed by atoms with van der Waals surface area (Å²) >= 11 is 0. The Kier molecular flexibility index (Phi) is 4.39. The van der Waals surface area contributed by atoms with Crippen molar-refractivity contribution in [2.24, 2.45) is 11.1 Å². The average Bonchev–Trinajstić information content (AvgIpc) is 2.97. The lowest BCUT2D eigenvalue weighted by atomic mass is 10.1. The molecule has 0 heterocycles. The molecule has 7 heteroatoms. The number of esters is 1. The van der Waals surface area contributed by atoms with Crippen molar-refractivity contribution in [1.29, 1.82) is 0 Å². The predicted molar refractivity (Wildman–Crippen MR) is 67.1 cm³/mol. The zero-order valence-corrected chi connectivity index (χ0v) is 11.6. The highest BCUT2D eigenvalue weighted by molar-refractivity contribution is 5.90. The third-order valence-electron chi connectivity index (χ3n) is 2.85. The van der Waals surface area contributed by atoms with Crippen molar-refractivity contribution in [2.45, 2.75) is 44.8 Å². The number of amides is 1. The van der Waals surface area contributed by atoms with Crippen LogP contribution in [0.4, 0.5) is 4.79 Å². The van der Waals surface area contributed by atoms with Gasteiger partial charge in [0.15, 0.2) is 0 Å². The highest BCUT2D eigenvalue weighted by Crippen LogP contribution is 2.46. The molecule has 0 radical (unpaired) electrons. The molecular formula is C12H20N2O5. The van der Waals surface area contributed by atoms with Gasteiger partial charge in [0.2, 0.25) is 0 Å². The Morgan fingerprint density at radius 1 is 1.53 bits per heavy atom. The molecule has 0 aromatic heterocycles. The zero-order valence-electron chi connectivity index (χ0n) is 11.6. The quantitative estimate of drug-likeness (QED) is 0.348. The summed E-state index contributed by atoms with van der Waals surface area (Å²) in [6.45, 7) is 5.21. The van der Waals surface area contributed by atoms with Gasteiger partial charge in [-0.05, 0) is 33.6 Å². The smallest absolute Gasteiger partial charge is 0.408 e. The second kappa shape index (κ2) is 5.46. The number of oxime groups is 1. The minimum absolute atomic E-state index is 0.150. The molecule has 7 nitrogen and oxygen atoms in total. The summed E-state index contributed by atoms with van der Waals surface area (Å²) in [5.41, 5.74) is -1.71. The van der Waals surface area contributed by atoms with E-state index in [0.717, 1.165) is 0 Å². The SMILES string of the molecule is COC(=O)[C@@]1(NC(=O)OC(C)(C)C)C[C@H]1C/C=N/O. The molecule has 0 aromatic carbocycles. The fourth-order valence-electron chi connectivity index (χ4n) is 1.91. The number of ether oxygens (including phenoxy) is 2. The Morgan fingerprint density at radius 2 is 2.16 bits per heavy atom.